The normalized spacial score (nSPS) is 17.3. The van der Waals surface area contributed by atoms with E-state index in [1.165, 1.54) is 22.3 Å². The second-order valence-electron chi connectivity index (χ2n) is 7.75. The van der Waals surface area contributed by atoms with Gasteiger partial charge in [0, 0.05) is 9.89 Å². The van der Waals surface area contributed by atoms with Gasteiger partial charge in [-0.2, -0.15) is 5.10 Å². The molecule has 1 atom stereocenters. The first-order chi connectivity index (χ1) is 14.0. The number of hydrogen-bond acceptors (Lipinski definition) is 2. The lowest BCUT2D eigenvalue weighted by molar-refractivity contribution is -0.122. The number of hydrazone groups is 1. The van der Waals surface area contributed by atoms with Crippen LogP contribution in [-0.4, -0.2) is 12.1 Å². The van der Waals surface area contributed by atoms with Gasteiger partial charge in [-0.3, -0.25) is 4.79 Å². The topological polar surface area (TPSA) is 41.5 Å². The Morgan fingerprint density at radius 1 is 1.00 bits per heavy atom. The SMILES string of the molecule is Cc1cccc(C2(c3cccc(C)c3)C[C@H]2C(=O)N/N=C\c2ccc(Br)cc2)c1. The summed E-state index contributed by atoms with van der Waals surface area (Å²) in [6, 6.07) is 24.8. The summed E-state index contributed by atoms with van der Waals surface area (Å²) in [4.78, 5) is 12.9. The number of hydrogen-bond donors (Lipinski definition) is 1. The molecule has 0 aliphatic heterocycles. The maximum atomic E-state index is 12.9. The van der Waals surface area contributed by atoms with E-state index in [-0.39, 0.29) is 17.2 Å². The third-order valence-electron chi connectivity index (χ3n) is 5.60. The molecule has 0 radical (unpaired) electrons. The molecular weight excluding hydrogens is 424 g/mol. The lowest BCUT2D eigenvalue weighted by Gasteiger charge is -2.19. The maximum absolute atomic E-state index is 12.9. The second kappa shape index (κ2) is 7.96. The molecule has 146 valence electrons. The summed E-state index contributed by atoms with van der Waals surface area (Å²) >= 11 is 3.42. The number of amides is 1. The van der Waals surface area contributed by atoms with Gasteiger partial charge < -0.3 is 0 Å². The first-order valence-corrected chi connectivity index (χ1v) is 10.5. The zero-order chi connectivity index (χ0) is 20.4. The lowest BCUT2D eigenvalue weighted by Crippen LogP contribution is -2.25. The molecule has 0 saturated heterocycles. The van der Waals surface area contributed by atoms with Gasteiger partial charge in [0.15, 0.2) is 0 Å². The number of nitrogens with zero attached hydrogens (tertiary/aromatic N) is 1. The summed E-state index contributed by atoms with van der Waals surface area (Å²) in [5.41, 5.74) is 8.20. The molecule has 0 heterocycles. The van der Waals surface area contributed by atoms with Crippen molar-refractivity contribution in [1.29, 1.82) is 0 Å². The molecule has 4 heteroatoms. The summed E-state index contributed by atoms with van der Waals surface area (Å²) in [6.07, 6.45) is 2.47. The van der Waals surface area contributed by atoms with Crippen molar-refractivity contribution in [3.05, 3.63) is 105 Å². The fraction of sp³-hybridized carbons (Fsp3) is 0.200. The summed E-state index contributed by atoms with van der Waals surface area (Å²) in [5.74, 6) is -0.172. The van der Waals surface area contributed by atoms with Crippen LogP contribution in [0.2, 0.25) is 0 Å². The Labute approximate surface area is 180 Å². The highest BCUT2D eigenvalue weighted by Crippen LogP contribution is 2.59. The third kappa shape index (κ3) is 4.03. The number of nitrogens with one attached hydrogen (secondary N) is 1. The average Bonchev–Trinajstić information content (AvgIpc) is 3.47. The summed E-state index contributed by atoms with van der Waals surface area (Å²) in [5, 5.41) is 4.18. The highest BCUT2D eigenvalue weighted by Gasteiger charge is 2.60. The maximum Gasteiger partial charge on any atom is 0.244 e. The Bertz CT molecular complexity index is 1030. The molecule has 3 nitrogen and oxygen atoms in total. The number of aryl methyl sites for hydroxylation is 2. The molecule has 29 heavy (non-hydrogen) atoms. The van der Waals surface area contributed by atoms with Crippen LogP contribution in [-0.2, 0) is 10.2 Å². The molecule has 0 spiro atoms. The van der Waals surface area contributed by atoms with Crippen LogP contribution in [0.3, 0.4) is 0 Å². The van der Waals surface area contributed by atoms with Gasteiger partial charge in [0.05, 0.1) is 12.1 Å². The van der Waals surface area contributed by atoms with Crippen molar-refractivity contribution >= 4 is 28.1 Å². The third-order valence-corrected chi connectivity index (χ3v) is 6.13. The lowest BCUT2D eigenvalue weighted by atomic mass is 9.84. The summed E-state index contributed by atoms with van der Waals surface area (Å²) in [6.45, 7) is 4.18. The summed E-state index contributed by atoms with van der Waals surface area (Å²) in [7, 11) is 0. The predicted molar refractivity (Wildman–Crippen MR) is 121 cm³/mol. The van der Waals surface area contributed by atoms with E-state index in [9.17, 15) is 4.79 Å². The van der Waals surface area contributed by atoms with Crippen molar-refractivity contribution in [1.82, 2.24) is 5.43 Å². The highest BCUT2D eigenvalue weighted by atomic mass is 79.9. The van der Waals surface area contributed by atoms with Crippen molar-refractivity contribution in [2.24, 2.45) is 11.0 Å². The minimum absolute atomic E-state index is 0.0404. The fourth-order valence-corrected chi connectivity index (χ4v) is 4.29. The zero-order valence-electron chi connectivity index (χ0n) is 16.5. The fourth-order valence-electron chi connectivity index (χ4n) is 4.03. The monoisotopic (exact) mass is 446 g/mol. The predicted octanol–water partition coefficient (Wildman–Crippen LogP) is 5.52. The molecule has 0 aromatic heterocycles. The molecule has 1 N–H and O–H groups in total. The molecule has 1 saturated carbocycles. The van der Waals surface area contributed by atoms with Crippen LogP contribution in [0.25, 0.3) is 0 Å². The number of carbonyl (C=O) groups is 1. The van der Waals surface area contributed by atoms with Crippen molar-refractivity contribution in [3.8, 4) is 0 Å². The number of carbonyl (C=O) groups excluding carboxylic acids is 1. The van der Waals surface area contributed by atoms with Crippen LogP contribution >= 0.6 is 15.9 Å². The second-order valence-corrected chi connectivity index (χ2v) is 8.67. The Morgan fingerprint density at radius 2 is 1.59 bits per heavy atom. The largest absolute Gasteiger partial charge is 0.273 e. The van der Waals surface area contributed by atoms with Gasteiger partial charge in [0.2, 0.25) is 5.91 Å². The Balaban J connectivity index is 1.58. The molecule has 3 aromatic carbocycles. The van der Waals surface area contributed by atoms with Crippen molar-refractivity contribution in [3.63, 3.8) is 0 Å². The standard InChI is InChI=1S/C25H23BrN2O/c1-17-5-3-7-20(13-17)25(21-8-4-6-18(2)14-21)15-23(25)24(29)28-27-16-19-9-11-22(26)12-10-19/h3-14,16,23H,15H2,1-2H3,(H,28,29)/b27-16-/t23-/m0/s1. The van der Waals surface area contributed by atoms with Gasteiger partial charge in [-0.1, -0.05) is 87.7 Å². The zero-order valence-corrected chi connectivity index (χ0v) is 18.1. The van der Waals surface area contributed by atoms with Gasteiger partial charge in [-0.05, 0) is 49.1 Å². The smallest absolute Gasteiger partial charge is 0.244 e. The molecule has 4 rings (SSSR count). The highest BCUT2D eigenvalue weighted by molar-refractivity contribution is 9.10. The van der Waals surface area contributed by atoms with E-state index in [0.717, 1.165) is 16.5 Å². The Morgan fingerprint density at radius 3 is 2.14 bits per heavy atom. The molecule has 1 aliphatic rings. The Hall–Kier alpha value is -2.72. The van der Waals surface area contributed by atoms with Crippen LogP contribution in [0.4, 0.5) is 0 Å². The van der Waals surface area contributed by atoms with Gasteiger partial charge in [0.1, 0.15) is 0 Å². The van der Waals surface area contributed by atoms with E-state index in [4.69, 9.17) is 0 Å². The van der Waals surface area contributed by atoms with Crippen LogP contribution < -0.4 is 5.43 Å². The van der Waals surface area contributed by atoms with Gasteiger partial charge >= 0.3 is 0 Å². The molecule has 1 aliphatic carbocycles. The van der Waals surface area contributed by atoms with E-state index in [1.54, 1.807) is 6.21 Å². The molecule has 3 aromatic rings. The van der Waals surface area contributed by atoms with E-state index >= 15 is 0 Å². The first kappa shape index (κ1) is 19.6. The molecule has 1 amide bonds. The van der Waals surface area contributed by atoms with E-state index in [2.05, 4.69) is 88.8 Å². The minimum atomic E-state index is -0.282. The molecular formula is C25H23BrN2O. The first-order valence-electron chi connectivity index (χ1n) is 9.72. The van der Waals surface area contributed by atoms with Gasteiger partial charge in [0.25, 0.3) is 0 Å². The minimum Gasteiger partial charge on any atom is -0.273 e. The van der Waals surface area contributed by atoms with E-state index < -0.39 is 0 Å². The molecule has 1 fully saturated rings. The van der Waals surface area contributed by atoms with Crippen LogP contribution in [0.1, 0.15) is 34.2 Å². The van der Waals surface area contributed by atoms with Crippen LogP contribution in [0.15, 0.2) is 82.4 Å². The Kier molecular flexibility index (Phi) is 5.37. The average molecular weight is 447 g/mol. The van der Waals surface area contributed by atoms with Crippen LogP contribution in [0, 0.1) is 19.8 Å². The van der Waals surface area contributed by atoms with E-state index in [0.29, 0.717) is 0 Å². The van der Waals surface area contributed by atoms with Gasteiger partial charge in [-0.15, -0.1) is 0 Å². The quantitative estimate of drug-likeness (QED) is 0.406. The van der Waals surface area contributed by atoms with E-state index in [1.807, 2.05) is 24.3 Å². The number of halogens is 1. The number of benzene rings is 3. The molecule has 0 bridgehead atoms. The van der Waals surface area contributed by atoms with Gasteiger partial charge in [-0.25, -0.2) is 5.43 Å². The number of rotatable bonds is 5. The summed E-state index contributed by atoms with van der Waals surface area (Å²) < 4.78 is 1.01. The molecule has 0 unspecified atom stereocenters. The van der Waals surface area contributed by atoms with Crippen LogP contribution in [0.5, 0.6) is 0 Å². The van der Waals surface area contributed by atoms with Crippen molar-refractivity contribution in [2.75, 3.05) is 0 Å². The van der Waals surface area contributed by atoms with Crippen molar-refractivity contribution < 1.29 is 4.79 Å². The van der Waals surface area contributed by atoms with Crippen molar-refractivity contribution in [2.45, 2.75) is 25.7 Å².